The van der Waals surface area contributed by atoms with Crippen LogP contribution in [0.2, 0.25) is 0 Å². The zero-order valence-corrected chi connectivity index (χ0v) is 16.2. The smallest absolute Gasteiger partial charge is 0.338 e. The Morgan fingerprint density at radius 2 is 1.39 bits per heavy atom. The highest BCUT2D eigenvalue weighted by molar-refractivity contribution is 9.09. The van der Waals surface area contributed by atoms with Crippen molar-refractivity contribution in [2.75, 3.05) is 5.33 Å². The summed E-state index contributed by atoms with van der Waals surface area (Å²) in [6.07, 6.45) is -7.60. The van der Waals surface area contributed by atoms with Crippen LogP contribution in [0.25, 0.3) is 0 Å². The van der Waals surface area contributed by atoms with Crippen LogP contribution in [-0.2, 0) is 14.2 Å². The van der Waals surface area contributed by atoms with E-state index in [0.717, 1.165) is 0 Å². The number of hydrogen-bond donors (Lipinski definition) is 1. The normalized spacial score (nSPS) is 27.0. The lowest BCUT2D eigenvalue weighted by atomic mass is 10.00. The van der Waals surface area contributed by atoms with Crippen LogP contribution in [0.15, 0.2) is 60.7 Å². The van der Waals surface area contributed by atoms with E-state index in [4.69, 9.17) is 14.2 Å². The van der Waals surface area contributed by atoms with Crippen molar-refractivity contribution >= 4 is 27.9 Å². The summed E-state index contributed by atoms with van der Waals surface area (Å²) in [4.78, 5) is 24.8. The largest absolute Gasteiger partial charge is 0.452 e. The predicted octanol–water partition coefficient (Wildman–Crippen LogP) is 2.89. The molecule has 1 N–H and O–H groups in total. The third-order valence-electron chi connectivity index (χ3n) is 4.25. The first-order valence-electron chi connectivity index (χ1n) is 8.57. The zero-order chi connectivity index (χ0) is 20.1. The highest BCUT2D eigenvalue weighted by atomic mass is 79.9. The fourth-order valence-electron chi connectivity index (χ4n) is 2.82. The maximum atomic E-state index is 14.7. The van der Waals surface area contributed by atoms with Crippen molar-refractivity contribution in [2.24, 2.45) is 0 Å². The minimum Gasteiger partial charge on any atom is -0.452 e. The van der Waals surface area contributed by atoms with Crippen molar-refractivity contribution in [3.63, 3.8) is 0 Å². The number of hydrogen-bond acceptors (Lipinski definition) is 6. The van der Waals surface area contributed by atoms with E-state index in [2.05, 4.69) is 15.9 Å². The third kappa shape index (κ3) is 4.57. The molecule has 0 spiro atoms. The van der Waals surface area contributed by atoms with Crippen molar-refractivity contribution in [2.45, 2.75) is 30.8 Å². The number of aliphatic hydroxyl groups is 1. The molecular formula is C20H18BrFO6. The van der Waals surface area contributed by atoms with Gasteiger partial charge in [-0.1, -0.05) is 52.3 Å². The van der Waals surface area contributed by atoms with E-state index in [1.807, 2.05) is 0 Å². The Morgan fingerprint density at radius 3 is 1.86 bits per heavy atom. The van der Waals surface area contributed by atoms with Gasteiger partial charge >= 0.3 is 11.9 Å². The number of carbonyl (C=O) groups excluding carboxylic acids is 2. The molecule has 1 aliphatic rings. The van der Waals surface area contributed by atoms with Crippen LogP contribution >= 0.6 is 15.9 Å². The van der Waals surface area contributed by atoms with Crippen molar-refractivity contribution in [3.8, 4) is 0 Å². The van der Waals surface area contributed by atoms with E-state index < -0.39 is 42.7 Å². The molecule has 1 heterocycles. The number of esters is 2. The van der Waals surface area contributed by atoms with E-state index in [0.29, 0.717) is 0 Å². The topological polar surface area (TPSA) is 82.1 Å². The molecule has 0 unspecified atom stereocenters. The Balaban J connectivity index is 1.83. The van der Waals surface area contributed by atoms with E-state index in [-0.39, 0.29) is 16.5 Å². The fraction of sp³-hybridized carbons (Fsp3) is 0.300. The SMILES string of the molecule is O=C(O[C@H]1[C@H](F)[C@@H](O)O[C@H](CBr)[C@H]1OC(=O)c1ccccc1)c1ccccc1. The molecule has 3 rings (SSSR count). The van der Waals surface area contributed by atoms with Crippen LogP contribution < -0.4 is 0 Å². The second kappa shape index (κ2) is 9.27. The summed E-state index contributed by atoms with van der Waals surface area (Å²) in [7, 11) is 0. The van der Waals surface area contributed by atoms with Crippen molar-refractivity contribution in [3.05, 3.63) is 71.8 Å². The first-order valence-corrected chi connectivity index (χ1v) is 9.69. The first-order chi connectivity index (χ1) is 13.5. The van der Waals surface area contributed by atoms with Crippen LogP contribution in [0.3, 0.4) is 0 Å². The maximum absolute atomic E-state index is 14.7. The van der Waals surface area contributed by atoms with Gasteiger partial charge in [-0.05, 0) is 24.3 Å². The number of halogens is 2. The number of benzene rings is 2. The molecule has 1 saturated heterocycles. The van der Waals surface area contributed by atoms with Crippen molar-refractivity contribution in [1.29, 1.82) is 0 Å². The highest BCUT2D eigenvalue weighted by Gasteiger charge is 2.50. The lowest BCUT2D eigenvalue weighted by Crippen LogP contribution is -2.59. The van der Waals surface area contributed by atoms with Crippen molar-refractivity contribution in [1.82, 2.24) is 0 Å². The second-order valence-electron chi connectivity index (χ2n) is 6.14. The standard InChI is InChI=1S/C20H18BrFO6/c21-11-14-16(27-18(23)12-7-3-1-4-8-12)17(15(22)20(25)26-14)28-19(24)13-9-5-2-6-10-13/h1-10,14-17,20,25H,11H2/t14-,15+,16-,17+,20+/m1/s1. The summed E-state index contributed by atoms with van der Waals surface area (Å²) in [6, 6.07) is 16.2. The summed E-state index contributed by atoms with van der Waals surface area (Å²) in [5.41, 5.74) is 0.463. The highest BCUT2D eigenvalue weighted by Crippen LogP contribution is 2.29. The van der Waals surface area contributed by atoms with Gasteiger partial charge in [0.15, 0.2) is 24.7 Å². The molecule has 0 saturated carbocycles. The number of alkyl halides is 2. The molecule has 1 fully saturated rings. The molecule has 8 heteroatoms. The Bertz CT molecular complexity index is 749. The minimum absolute atomic E-state index is 0.128. The molecule has 0 aromatic heterocycles. The molecule has 148 valence electrons. The van der Waals surface area contributed by atoms with Gasteiger partial charge in [-0.15, -0.1) is 0 Å². The monoisotopic (exact) mass is 452 g/mol. The van der Waals surface area contributed by atoms with E-state index in [1.54, 1.807) is 48.5 Å². The molecule has 1 aliphatic heterocycles. The average molecular weight is 453 g/mol. The Hall–Kier alpha value is -2.29. The molecule has 2 aromatic rings. The molecule has 5 atom stereocenters. The Labute approximate surface area is 169 Å². The number of aliphatic hydroxyl groups excluding tert-OH is 1. The van der Waals surface area contributed by atoms with Gasteiger partial charge < -0.3 is 19.3 Å². The molecular weight excluding hydrogens is 435 g/mol. The second-order valence-corrected chi connectivity index (χ2v) is 6.78. The van der Waals surface area contributed by atoms with Gasteiger partial charge in [-0.25, -0.2) is 14.0 Å². The van der Waals surface area contributed by atoms with Gasteiger partial charge in [0.25, 0.3) is 0 Å². The maximum Gasteiger partial charge on any atom is 0.338 e. The Kier molecular flexibility index (Phi) is 6.77. The molecule has 0 aliphatic carbocycles. The zero-order valence-electron chi connectivity index (χ0n) is 14.6. The number of carbonyl (C=O) groups is 2. The van der Waals surface area contributed by atoms with E-state index in [1.165, 1.54) is 12.1 Å². The average Bonchev–Trinajstić information content (AvgIpc) is 2.74. The number of rotatable bonds is 5. The van der Waals surface area contributed by atoms with E-state index in [9.17, 15) is 19.1 Å². The Morgan fingerprint density at radius 1 is 0.929 bits per heavy atom. The molecule has 0 radical (unpaired) electrons. The minimum atomic E-state index is -2.09. The third-order valence-corrected chi connectivity index (χ3v) is 4.89. The van der Waals surface area contributed by atoms with Gasteiger partial charge in [0.2, 0.25) is 0 Å². The predicted molar refractivity (Wildman–Crippen MR) is 101 cm³/mol. The van der Waals surface area contributed by atoms with Gasteiger partial charge in [0.1, 0.15) is 6.10 Å². The molecule has 0 bridgehead atoms. The molecule has 0 amide bonds. The van der Waals surface area contributed by atoms with Gasteiger partial charge in [0.05, 0.1) is 11.1 Å². The lowest BCUT2D eigenvalue weighted by Gasteiger charge is -2.40. The van der Waals surface area contributed by atoms with Crippen LogP contribution in [0.1, 0.15) is 20.7 Å². The summed E-state index contributed by atoms with van der Waals surface area (Å²) in [5, 5.41) is 9.98. The quantitative estimate of drug-likeness (QED) is 0.554. The van der Waals surface area contributed by atoms with Crippen LogP contribution in [0.4, 0.5) is 4.39 Å². The van der Waals surface area contributed by atoms with E-state index >= 15 is 0 Å². The van der Waals surface area contributed by atoms with Crippen molar-refractivity contribution < 1.29 is 33.3 Å². The summed E-state index contributed by atoms with van der Waals surface area (Å²) in [5.74, 6) is -1.51. The number of ether oxygens (including phenoxy) is 3. The lowest BCUT2D eigenvalue weighted by molar-refractivity contribution is -0.258. The summed E-state index contributed by atoms with van der Waals surface area (Å²) >= 11 is 3.19. The van der Waals surface area contributed by atoms with Gasteiger partial charge in [-0.3, -0.25) is 0 Å². The first kappa shape index (κ1) is 20.4. The van der Waals surface area contributed by atoms with Crippen LogP contribution in [-0.4, -0.2) is 53.1 Å². The van der Waals surface area contributed by atoms with Crippen LogP contribution in [0, 0.1) is 0 Å². The summed E-state index contributed by atoms with van der Waals surface area (Å²) in [6.45, 7) is 0. The molecule has 2 aromatic carbocycles. The fourth-order valence-corrected chi connectivity index (χ4v) is 3.34. The molecule has 6 nitrogen and oxygen atoms in total. The molecule has 28 heavy (non-hydrogen) atoms. The van der Waals surface area contributed by atoms with Crippen LogP contribution in [0.5, 0.6) is 0 Å². The van der Waals surface area contributed by atoms with Gasteiger partial charge in [0, 0.05) is 5.33 Å². The summed E-state index contributed by atoms with van der Waals surface area (Å²) < 4.78 is 30.6. The van der Waals surface area contributed by atoms with Gasteiger partial charge in [-0.2, -0.15) is 0 Å².